The minimum atomic E-state index is -0.499. The van der Waals surface area contributed by atoms with Crippen LogP contribution in [0.3, 0.4) is 0 Å². The topological polar surface area (TPSA) is 93.7 Å². The summed E-state index contributed by atoms with van der Waals surface area (Å²) in [7, 11) is 1.61. The number of carbonyl (C=O) groups is 2. The molecule has 4 rings (SSSR count). The number of hydrogen-bond donors (Lipinski definition) is 1. The second-order valence-corrected chi connectivity index (χ2v) is 8.57. The van der Waals surface area contributed by atoms with Crippen molar-refractivity contribution in [3.63, 3.8) is 0 Å². The first-order chi connectivity index (χ1) is 17.0. The van der Waals surface area contributed by atoms with Crippen molar-refractivity contribution in [2.24, 2.45) is 5.92 Å². The third-order valence-electron chi connectivity index (χ3n) is 6.19. The molecule has 1 fully saturated rings. The quantitative estimate of drug-likeness (QED) is 0.473. The van der Waals surface area contributed by atoms with E-state index in [2.05, 4.69) is 22.2 Å². The molecule has 8 nitrogen and oxygen atoms in total. The van der Waals surface area contributed by atoms with E-state index in [1.54, 1.807) is 37.7 Å². The lowest BCUT2D eigenvalue weighted by atomic mass is 9.92. The third kappa shape index (κ3) is 5.59. The number of likely N-dealkylation sites (tertiary alicyclic amines) is 1. The van der Waals surface area contributed by atoms with Crippen molar-refractivity contribution in [1.82, 2.24) is 14.9 Å². The van der Waals surface area contributed by atoms with Gasteiger partial charge in [-0.1, -0.05) is 25.5 Å². The average molecular weight is 475 g/mol. The van der Waals surface area contributed by atoms with Gasteiger partial charge in [0.05, 0.1) is 19.1 Å². The van der Waals surface area contributed by atoms with Gasteiger partial charge in [0.2, 0.25) is 11.8 Å². The summed E-state index contributed by atoms with van der Waals surface area (Å²) in [6, 6.07) is 14.6. The molecule has 1 aliphatic rings. The molecule has 3 aromatic rings. The number of ether oxygens (including phenoxy) is 2. The lowest BCUT2D eigenvalue weighted by Crippen LogP contribution is -2.33. The summed E-state index contributed by atoms with van der Waals surface area (Å²) in [4.78, 5) is 36.4. The second kappa shape index (κ2) is 11.0. The van der Waals surface area contributed by atoms with Crippen molar-refractivity contribution < 1.29 is 19.1 Å². The molecule has 2 unspecified atom stereocenters. The number of hydrogen-bond acceptors (Lipinski definition) is 6. The molecule has 0 saturated carbocycles. The van der Waals surface area contributed by atoms with Crippen LogP contribution < -0.4 is 14.8 Å². The zero-order valence-corrected chi connectivity index (χ0v) is 20.2. The fourth-order valence-electron chi connectivity index (χ4n) is 4.34. The van der Waals surface area contributed by atoms with Crippen molar-refractivity contribution in [3.05, 3.63) is 72.1 Å². The second-order valence-electron chi connectivity index (χ2n) is 8.57. The molecule has 0 radical (unpaired) electrons. The van der Waals surface area contributed by atoms with Crippen LogP contribution in [0.25, 0.3) is 0 Å². The molecule has 35 heavy (non-hydrogen) atoms. The third-order valence-corrected chi connectivity index (χ3v) is 6.19. The highest BCUT2D eigenvalue weighted by Gasteiger charge is 2.44. The summed E-state index contributed by atoms with van der Waals surface area (Å²) in [5.41, 5.74) is 2.43. The molecule has 2 heterocycles. The molecule has 8 heteroatoms. The molecule has 1 saturated heterocycles. The number of aromatic nitrogens is 2. The van der Waals surface area contributed by atoms with E-state index in [0.717, 1.165) is 29.7 Å². The van der Waals surface area contributed by atoms with Gasteiger partial charge in [-0.2, -0.15) is 0 Å². The summed E-state index contributed by atoms with van der Waals surface area (Å²) in [6.45, 7) is 4.61. The van der Waals surface area contributed by atoms with Gasteiger partial charge >= 0.3 is 6.01 Å². The zero-order valence-electron chi connectivity index (χ0n) is 20.2. The van der Waals surface area contributed by atoms with Gasteiger partial charge in [-0.3, -0.25) is 9.59 Å². The molecule has 2 amide bonds. The van der Waals surface area contributed by atoms with Crippen LogP contribution in [0.5, 0.6) is 17.5 Å². The molecule has 0 aliphatic carbocycles. The number of unbranched alkanes of at least 4 members (excludes halogenated alkanes) is 1. The maximum Gasteiger partial charge on any atom is 0.321 e. The predicted molar refractivity (Wildman–Crippen MR) is 132 cm³/mol. The monoisotopic (exact) mass is 474 g/mol. The van der Waals surface area contributed by atoms with Gasteiger partial charge in [0, 0.05) is 31.0 Å². The first-order valence-corrected chi connectivity index (χ1v) is 11.8. The van der Waals surface area contributed by atoms with Crippen LogP contribution in [-0.2, 0) is 9.59 Å². The number of nitrogens with one attached hydrogen (secondary N) is 1. The van der Waals surface area contributed by atoms with Crippen molar-refractivity contribution in [2.75, 3.05) is 19.0 Å². The van der Waals surface area contributed by atoms with E-state index in [0.29, 0.717) is 18.0 Å². The summed E-state index contributed by atoms with van der Waals surface area (Å²) in [5, 5.41) is 3.03. The van der Waals surface area contributed by atoms with E-state index >= 15 is 0 Å². The highest BCUT2D eigenvalue weighted by Crippen LogP contribution is 2.40. The first kappa shape index (κ1) is 24.2. The molecule has 2 atom stereocenters. The Bertz CT molecular complexity index is 1170. The number of benzene rings is 2. The number of anilines is 1. The number of rotatable bonds is 9. The fourth-order valence-corrected chi connectivity index (χ4v) is 4.34. The van der Waals surface area contributed by atoms with Crippen molar-refractivity contribution in [3.8, 4) is 17.5 Å². The molecule has 0 bridgehead atoms. The minimum Gasteiger partial charge on any atom is -0.497 e. The van der Waals surface area contributed by atoms with Crippen molar-refractivity contribution >= 4 is 17.5 Å². The zero-order chi connectivity index (χ0) is 24.8. The highest BCUT2D eigenvalue weighted by molar-refractivity contribution is 5.98. The van der Waals surface area contributed by atoms with E-state index in [1.807, 2.05) is 42.2 Å². The van der Waals surface area contributed by atoms with E-state index in [9.17, 15) is 9.59 Å². The molecule has 0 spiro atoms. The Morgan fingerprint density at radius 3 is 2.49 bits per heavy atom. The molecule has 1 aliphatic heterocycles. The number of aryl methyl sites for hydroxylation is 1. The van der Waals surface area contributed by atoms with Gasteiger partial charge in [-0.15, -0.1) is 0 Å². The van der Waals surface area contributed by atoms with Gasteiger partial charge < -0.3 is 19.7 Å². The normalized spacial score (nSPS) is 17.3. The van der Waals surface area contributed by atoms with Gasteiger partial charge in [0.25, 0.3) is 0 Å². The number of nitrogens with zero attached hydrogens (tertiary/aromatic N) is 3. The molecular weight excluding hydrogens is 444 g/mol. The molecule has 2 aromatic carbocycles. The largest absolute Gasteiger partial charge is 0.497 e. The van der Waals surface area contributed by atoms with E-state index in [4.69, 9.17) is 9.47 Å². The minimum absolute atomic E-state index is 0.00255. The Balaban J connectivity index is 1.53. The smallest absolute Gasteiger partial charge is 0.321 e. The van der Waals surface area contributed by atoms with Gasteiger partial charge in [-0.05, 0) is 60.9 Å². The maximum absolute atomic E-state index is 13.4. The average Bonchev–Trinajstić information content (AvgIpc) is 3.21. The van der Waals surface area contributed by atoms with Crippen LogP contribution in [0.4, 0.5) is 5.69 Å². The standard InChI is InChI=1S/C27H30N4O4/c1-4-5-15-31-24(32)17-22(25(31)19-7-9-20(34-3)10-8-19)26(33)30-23-12-11-21(16-18(23)2)35-27-28-13-6-14-29-27/h6-14,16,22,25H,4-5,15,17H2,1-3H3,(H,30,33). The van der Waals surface area contributed by atoms with Crippen LogP contribution in [0.1, 0.15) is 43.4 Å². The van der Waals surface area contributed by atoms with Crippen LogP contribution in [0, 0.1) is 12.8 Å². The van der Waals surface area contributed by atoms with Gasteiger partial charge in [0.15, 0.2) is 0 Å². The molecule has 182 valence electrons. The van der Waals surface area contributed by atoms with Crippen LogP contribution in [0.2, 0.25) is 0 Å². The summed E-state index contributed by atoms with van der Waals surface area (Å²) >= 11 is 0. The van der Waals surface area contributed by atoms with E-state index in [1.165, 1.54) is 0 Å². The lowest BCUT2D eigenvalue weighted by Gasteiger charge is -2.28. The fraction of sp³-hybridized carbons (Fsp3) is 0.333. The van der Waals surface area contributed by atoms with E-state index < -0.39 is 5.92 Å². The molecule has 1 aromatic heterocycles. The van der Waals surface area contributed by atoms with Crippen LogP contribution >= 0.6 is 0 Å². The summed E-state index contributed by atoms with van der Waals surface area (Å²) in [5.74, 6) is 0.632. The number of methoxy groups -OCH3 is 1. The lowest BCUT2D eigenvalue weighted by molar-refractivity contribution is -0.129. The van der Waals surface area contributed by atoms with Crippen LogP contribution in [-0.4, -0.2) is 40.3 Å². The Kier molecular flexibility index (Phi) is 7.60. The molecular formula is C27H30N4O4. The van der Waals surface area contributed by atoms with Crippen molar-refractivity contribution in [2.45, 2.75) is 39.2 Å². The summed E-state index contributed by atoms with van der Waals surface area (Å²) < 4.78 is 11.0. The first-order valence-electron chi connectivity index (χ1n) is 11.8. The van der Waals surface area contributed by atoms with Gasteiger partial charge in [0.1, 0.15) is 11.5 Å². The number of amides is 2. The highest BCUT2D eigenvalue weighted by atomic mass is 16.5. The Labute approximate surface area is 205 Å². The SMILES string of the molecule is CCCCN1C(=O)CC(C(=O)Nc2ccc(Oc3ncccn3)cc2C)C1c1ccc(OC)cc1. The molecule has 1 N–H and O–H groups in total. The number of carbonyl (C=O) groups excluding carboxylic acids is 2. The Hall–Kier alpha value is -3.94. The summed E-state index contributed by atoms with van der Waals surface area (Å²) in [6.07, 6.45) is 5.25. The van der Waals surface area contributed by atoms with Crippen LogP contribution in [0.15, 0.2) is 60.9 Å². The Morgan fingerprint density at radius 1 is 1.11 bits per heavy atom. The maximum atomic E-state index is 13.4. The van der Waals surface area contributed by atoms with Crippen molar-refractivity contribution in [1.29, 1.82) is 0 Å². The van der Waals surface area contributed by atoms with Gasteiger partial charge in [-0.25, -0.2) is 9.97 Å². The predicted octanol–water partition coefficient (Wildman–Crippen LogP) is 4.91. The van der Waals surface area contributed by atoms with E-state index in [-0.39, 0.29) is 30.3 Å². The Morgan fingerprint density at radius 2 is 1.83 bits per heavy atom.